The zero-order valence-corrected chi connectivity index (χ0v) is 11.1. The lowest BCUT2D eigenvalue weighted by atomic mass is 10.0. The second-order valence-electron chi connectivity index (χ2n) is 4.30. The molecular formula is C11H18N6O2. The predicted octanol–water partition coefficient (Wildman–Crippen LogP) is -0.433. The molecule has 8 heteroatoms. The van der Waals surface area contributed by atoms with E-state index in [-0.39, 0.29) is 23.9 Å². The van der Waals surface area contributed by atoms with Gasteiger partial charge in [0.2, 0.25) is 17.8 Å². The number of amides is 1. The summed E-state index contributed by atoms with van der Waals surface area (Å²) in [5.41, 5.74) is 5.63. The van der Waals surface area contributed by atoms with Crippen molar-refractivity contribution in [1.82, 2.24) is 20.3 Å². The van der Waals surface area contributed by atoms with Crippen molar-refractivity contribution in [3.05, 3.63) is 0 Å². The third-order valence-corrected chi connectivity index (χ3v) is 3.11. The first-order valence-corrected chi connectivity index (χ1v) is 6.19. The summed E-state index contributed by atoms with van der Waals surface area (Å²) in [5, 5.41) is 2.66. The van der Waals surface area contributed by atoms with E-state index in [4.69, 9.17) is 10.5 Å². The highest BCUT2D eigenvalue weighted by atomic mass is 16.5. The molecular weight excluding hydrogens is 248 g/mol. The van der Waals surface area contributed by atoms with Gasteiger partial charge in [-0.3, -0.25) is 4.79 Å². The molecule has 1 unspecified atom stereocenters. The van der Waals surface area contributed by atoms with Gasteiger partial charge in [-0.15, -0.1) is 0 Å². The van der Waals surface area contributed by atoms with Crippen molar-refractivity contribution >= 4 is 17.8 Å². The summed E-state index contributed by atoms with van der Waals surface area (Å²) < 4.78 is 4.98. The Balaban J connectivity index is 2.31. The van der Waals surface area contributed by atoms with Gasteiger partial charge in [0.15, 0.2) is 0 Å². The summed E-state index contributed by atoms with van der Waals surface area (Å²) in [6.45, 7) is 0.713. The van der Waals surface area contributed by atoms with Gasteiger partial charge in [-0.05, 0) is 19.3 Å². The van der Waals surface area contributed by atoms with Crippen molar-refractivity contribution in [1.29, 1.82) is 0 Å². The zero-order chi connectivity index (χ0) is 13.8. The maximum atomic E-state index is 11.9. The molecule has 1 aliphatic heterocycles. The number of rotatable bonds is 3. The number of piperidine rings is 1. The van der Waals surface area contributed by atoms with Gasteiger partial charge in [-0.2, -0.15) is 15.0 Å². The minimum Gasteiger partial charge on any atom is -0.467 e. The van der Waals surface area contributed by atoms with Gasteiger partial charge in [-0.25, -0.2) is 0 Å². The van der Waals surface area contributed by atoms with Crippen molar-refractivity contribution in [2.75, 3.05) is 31.3 Å². The first kappa shape index (κ1) is 13.3. The summed E-state index contributed by atoms with van der Waals surface area (Å²) in [6, 6.07) is -0.117. The van der Waals surface area contributed by atoms with Crippen molar-refractivity contribution < 1.29 is 9.53 Å². The molecule has 2 rings (SSSR count). The van der Waals surface area contributed by atoms with Crippen LogP contribution in [0.15, 0.2) is 0 Å². The number of nitrogens with zero attached hydrogens (tertiary/aromatic N) is 4. The molecule has 3 N–H and O–H groups in total. The number of methoxy groups -OCH3 is 1. The van der Waals surface area contributed by atoms with Crippen molar-refractivity contribution in [3.63, 3.8) is 0 Å². The number of anilines is 2. The van der Waals surface area contributed by atoms with Gasteiger partial charge >= 0.3 is 6.01 Å². The molecule has 1 aliphatic rings. The lowest BCUT2D eigenvalue weighted by molar-refractivity contribution is -0.122. The molecule has 2 heterocycles. The number of nitrogen functional groups attached to an aromatic ring is 1. The normalized spacial score (nSPS) is 19.1. The average molecular weight is 266 g/mol. The van der Waals surface area contributed by atoms with Gasteiger partial charge < -0.3 is 20.7 Å². The molecule has 1 amide bonds. The first-order chi connectivity index (χ1) is 9.15. The van der Waals surface area contributed by atoms with Gasteiger partial charge in [0.25, 0.3) is 0 Å². The maximum absolute atomic E-state index is 11.9. The minimum absolute atomic E-state index is 0.0438. The van der Waals surface area contributed by atoms with Crippen molar-refractivity contribution in [3.8, 4) is 6.01 Å². The van der Waals surface area contributed by atoms with Crippen LogP contribution in [0, 0.1) is 0 Å². The van der Waals surface area contributed by atoms with Crippen LogP contribution in [-0.2, 0) is 4.79 Å². The van der Waals surface area contributed by atoms with E-state index < -0.39 is 0 Å². The number of nitrogens with two attached hydrogens (primary N) is 1. The fourth-order valence-corrected chi connectivity index (χ4v) is 2.19. The van der Waals surface area contributed by atoms with Crippen molar-refractivity contribution in [2.24, 2.45) is 0 Å². The summed E-state index contributed by atoms with van der Waals surface area (Å²) in [7, 11) is 3.09. The Bertz CT molecular complexity index is 466. The van der Waals surface area contributed by atoms with Crippen molar-refractivity contribution in [2.45, 2.75) is 25.3 Å². The molecule has 1 atom stereocenters. The Morgan fingerprint density at radius 1 is 1.42 bits per heavy atom. The Hall–Kier alpha value is -2.12. The molecule has 0 bridgehead atoms. The van der Waals surface area contributed by atoms with E-state index in [2.05, 4.69) is 20.3 Å². The molecule has 19 heavy (non-hydrogen) atoms. The predicted molar refractivity (Wildman–Crippen MR) is 69.8 cm³/mol. The number of hydrogen-bond acceptors (Lipinski definition) is 7. The quantitative estimate of drug-likeness (QED) is 0.764. The van der Waals surface area contributed by atoms with Crippen LogP contribution in [-0.4, -0.2) is 47.6 Å². The van der Waals surface area contributed by atoms with Gasteiger partial charge in [0, 0.05) is 13.6 Å². The second kappa shape index (κ2) is 5.68. The van der Waals surface area contributed by atoms with E-state index in [1.807, 2.05) is 4.90 Å². The highest BCUT2D eigenvalue weighted by Gasteiger charge is 2.30. The second-order valence-corrected chi connectivity index (χ2v) is 4.30. The average Bonchev–Trinajstić information content (AvgIpc) is 2.45. The third-order valence-electron chi connectivity index (χ3n) is 3.11. The Kier molecular flexibility index (Phi) is 3.98. The van der Waals surface area contributed by atoms with Crippen LogP contribution in [0.1, 0.15) is 19.3 Å². The number of hydrogen-bond donors (Lipinski definition) is 2. The van der Waals surface area contributed by atoms with Crippen LogP contribution < -0.4 is 20.7 Å². The number of aromatic nitrogens is 3. The van der Waals surface area contributed by atoms with E-state index in [9.17, 15) is 4.79 Å². The number of carbonyl (C=O) groups excluding carboxylic acids is 1. The summed E-state index contributed by atoms with van der Waals surface area (Å²) in [4.78, 5) is 25.9. The van der Waals surface area contributed by atoms with Crippen LogP contribution in [0.5, 0.6) is 6.01 Å². The molecule has 0 radical (unpaired) electrons. The lowest BCUT2D eigenvalue weighted by Gasteiger charge is -2.34. The van der Waals surface area contributed by atoms with Crippen LogP contribution in [0.4, 0.5) is 11.9 Å². The maximum Gasteiger partial charge on any atom is 0.322 e. The summed E-state index contributed by atoms with van der Waals surface area (Å²) >= 11 is 0. The number of likely N-dealkylation sites (N-methyl/N-ethyl adjacent to an activating group) is 1. The number of ether oxygens (including phenoxy) is 1. The highest BCUT2D eigenvalue weighted by Crippen LogP contribution is 2.23. The van der Waals surface area contributed by atoms with E-state index in [0.717, 1.165) is 19.3 Å². The molecule has 8 nitrogen and oxygen atoms in total. The topological polar surface area (TPSA) is 106 Å². The number of carbonyl (C=O) groups is 1. The molecule has 0 spiro atoms. The van der Waals surface area contributed by atoms with E-state index in [1.54, 1.807) is 7.05 Å². The van der Waals surface area contributed by atoms with Crippen LogP contribution in [0.3, 0.4) is 0 Å². The van der Waals surface area contributed by atoms with Gasteiger partial charge in [0.1, 0.15) is 6.04 Å². The summed E-state index contributed by atoms with van der Waals surface area (Å²) in [5.74, 6) is 0.429. The molecule has 0 aromatic carbocycles. The fraction of sp³-hybridized carbons (Fsp3) is 0.636. The fourth-order valence-electron chi connectivity index (χ4n) is 2.19. The Labute approximate surface area is 111 Å². The lowest BCUT2D eigenvalue weighted by Crippen LogP contribution is -2.49. The van der Waals surface area contributed by atoms with Crippen LogP contribution in [0.25, 0.3) is 0 Å². The van der Waals surface area contributed by atoms with E-state index in [0.29, 0.717) is 12.5 Å². The van der Waals surface area contributed by atoms with Crippen LogP contribution >= 0.6 is 0 Å². The highest BCUT2D eigenvalue weighted by molar-refractivity contribution is 5.84. The molecule has 0 saturated carbocycles. The third kappa shape index (κ3) is 2.83. The minimum atomic E-state index is -0.273. The molecule has 1 saturated heterocycles. The Morgan fingerprint density at radius 2 is 2.21 bits per heavy atom. The molecule has 0 aliphatic carbocycles. The molecule has 1 aromatic rings. The van der Waals surface area contributed by atoms with Crippen LogP contribution in [0.2, 0.25) is 0 Å². The largest absolute Gasteiger partial charge is 0.467 e. The Morgan fingerprint density at radius 3 is 2.89 bits per heavy atom. The van der Waals surface area contributed by atoms with Gasteiger partial charge in [0.05, 0.1) is 7.11 Å². The monoisotopic (exact) mass is 266 g/mol. The SMILES string of the molecule is CNC(=O)C1CCCCN1c1nc(N)nc(OC)n1. The standard InChI is InChI=1S/C11H18N6O2/c1-13-8(18)7-5-3-4-6-17(7)10-14-9(12)15-11(16-10)19-2/h7H,3-6H2,1-2H3,(H,13,18)(H2,12,14,15,16). The van der Waals surface area contributed by atoms with Gasteiger partial charge in [-0.1, -0.05) is 0 Å². The number of nitrogens with one attached hydrogen (secondary N) is 1. The van der Waals surface area contributed by atoms with E-state index >= 15 is 0 Å². The van der Waals surface area contributed by atoms with E-state index in [1.165, 1.54) is 7.11 Å². The zero-order valence-electron chi connectivity index (χ0n) is 11.1. The molecule has 1 aromatic heterocycles. The molecule has 104 valence electrons. The smallest absolute Gasteiger partial charge is 0.322 e. The molecule has 1 fully saturated rings. The summed E-state index contributed by atoms with van der Waals surface area (Å²) in [6.07, 6.45) is 2.77. The first-order valence-electron chi connectivity index (χ1n) is 6.19.